The average molecular weight is 346 g/mol. The molecule has 1 N–H and O–H groups in total. The number of aromatic nitrogens is 2. The molecule has 0 spiro atoms. The molecule has 1 aliphatic heterocycles. The molecule has 0 aliphatic carbocycles. The molecule has 1 aromatic heterocycles. The van der Waals surface area contributed by atoms with Crippen LogP contribution in [0, 0.1) is 20.8 Å². The predicted octanol–water partition coefficient (Wildman–Crippen LogP) is 3.54. The zero-order valence-electron chi connectivity index (χ0n) is 14.2. The van der Waals surface area contributed by atoms with Crippen molar-refractivity contribution >= 4 is 22.5 Å². The number of aryl methyl sites for hydroxylation is 3. The molecule has 1 saturated heterocycles. The number of urea groups is 1. The van der Waals surface area contributed by atoms with Crippen molar-refractivity contribution in [3.63, 3.8) is 0 Å². The van der Waals surface area contributed by atoms with Crippen molar-refractivity contribution in [3.8, 4) is 5.75 Å². The molecule has 0 bridgehead atoms. The number of nitrogens with zero attached hydrogens (tertiary/aromatic N) is 3. The Labute approximate surface area is 145 Å². The van der Waals surface area contributed by atoms with Crippen LogP contribution < -0.4 is 10.1 Å². The highest BCUT2D eigenvalue weighted by Crippen LogP contribution is 2.24. The van der Waals surface area contributed by atoms with E-state index in [1.165, 1.54) is 16.9 Å². The summed E-state index contributed by atoms with van der Waals surface area (Å²) in [4.78, 5) is 14.1. The van der Waals surface area contributed by atoms with Crippen LogP contribution in [-0.2, 0) is 0 Å². The lowest BCUT2D eigenvalue weighted by molar-refractivity contribution is 0.115. The molecular weight excluding hydrogens is 324 g/mol. The van der Waals surface area contributed by atoms with E-state index in [1.54, 1.807) is 4.90 Å². The van der Waals surface area contributed by atoms with Crippen molar-refractivity contribution in [2.24, 2.45) is 0 Å². The zero-order valence-corrected chi connectivity index (χ0v) is 15.0. The summed E-state index contributed by atoms with van der Waals surface area (Å²) in [6.45, 7) is 7.34. The molecule has 1 fully saturated rings. The van der Waals surface area contributed by atoms with Gasteiger partial charge in [-0.1, -0.05) is 23.5 Å². The maximum absolute atomic E-state index is 12.3. The van der Waals surface area contributed by atoms with Gasteiger partial charge in [0, 0.05) is 25.9 Å². The number of anilines is 1. The first-order chi connectivity index (χ1) is 11.5. The molecule has 128 valence electrons. The third-order valence-corrected chi connectivity index (χ3v) is 4.86. The summed E-state index contributed by atoms with van der Waals surface area (Å²) in [5, 5.41) is 12.0. The Morgan fingerprint density at radius 1 is 1.25 bits per heavy atom. The minimum atomic E-state index is -0.115. The molecule has 7 heteroatoms. The zero-order chi connectivity index (χ0) is 17.1. The van der Waals surface area contributed by atoms with E-state index < -0.39 is 0 Å². The Bertz CT molecular complexity index is 723. The van der Waals surface area contributed by atoms with E-state index in [9.17, 15) is 4.79 Å². The SMILES string of the molecule is Cc1ccc(C)c(OC2CCN(C(=O)Nc3nnc(C)s3)CC2)c1. The highest BCUT2D eigenvalue weighted by atomic mass is 32.1. The summed E-state index contributed by atoms with van der Waals surface area (Å²) in [5.74, 6) is 0.947. The molecule has 0 saturated carbocycles. The summed E-state index contributed by atoms with van der Waals surface area (Å²) in [6, 6.07) is 6.13. The molecule has 2 aromatic rings. The molecule has 2 amide bonds. The number of rotatable bonds is 3. The quantitative estimate of drug-likeness (QED) is 0.923. The van der Waals surface area contributed by atoms with Gasteiger partial charge in [-0.15, -0.1) is 10.2 Å². The minimum Gasteiger partial charge on any atom is -0.490 e. The fourth-order valence-electron chi connectivity index (χ4n) is 2.71. The van der Waals surface area contributed by atoms with Gasteiger partial charge < -0.3 is 9.64 Å². The second-order valence-electron chi connectivity index (χ2n) is 6.13. The molecule has 6 nitrogen and oxygen atoms in total. The summed E-state index contributed by atoms with van der Waals surface area (Å²) >= 11 is 1.38. The van der Waals surface area contributed by atoms with Gasteiger partial charge in [-0.2, -0.15) is 0 Å². The van der Waals surface area contributed by atoms with E-state index in [0.29, 0.717) is 18.2 Å². The van der Waals surface area contributed by atoms with Crippen molar-refractivity contribution in [2.75, 3.05) is 18.4 Å². The number of amides is 2. The van der Waals surface area contributed by atoms with E-state index in [-0.39, 0.29) is 12.1 Å². The monoisotopic (exact) mass is 346 g/mol. The molecule has 0 unspecified atom stereocenters. The largest absolute Gasteiger partial charge is 0.490 e. The Balaban J connectivity index is 1.52. The van der Waals surface area contributed by atoms with Crippen molar-refractivity contribution in [3.05, 3.63) is 34.3 Å². The highest BCUT2D eigenvalue weighted by molar-refractivity contribution is 7.15. The molecule has 2 heterocycles. The molecule has 3 rings (SSSR count). The van der Waals surface area contributed by atoms with Gasteiger partial charge in [0.05, 0.1) is 0 Å². The van der Waals surface area contributed by atoms with Crippen LogP contribution in [0.15, 0.2) is 18.2 Å². The van der Waals surface area contributed by atoms with Gasteiger partial charge in [-0.25, -0.2) is 4.79 Å². The number of likely N-dealkylation sites (tertiary alicyclic amines) is 1. The molecule has 1 aromatic carbocycles. The van der Waals surface area contributed by atoms with Crippen LogP contribution in [0.25, 0.3) is 0 Å². The lowest BCUT2D eigenvalue weighted by atomic mass is 10.1. The minimum absolute atomic E-state index is 0.115. The third-order valence-electron chi connectivity index (χ3n) is 4.11. The van der Waals surface area contributed by atoms with Gasteiger partial charge >= 0.3 is 6.03 Å². The van der Waals surface area contributed by atoms with Crippen molar-refractivity contribution in [1.82, 2.24) is 15.1 Å². The van der Waals surface area contributed by atoms with Crippen molar-refractivity contribution in [2.45, 2.75) is 39.7 Å². The number of hydrogen-bond donors (Lipinski definition) is 1. The van der Waals surface area contributed by atoms with E-state index in [2.05, 4.69) is 47.6 Å². The van der Waals surface area contributed by atoms with Crippen LogP contribution in [0.1, 0.15) is 29.0 Å². The molecule has 0 radical (unpaired) electrons. The Morgan fingerprint density at radius 2 is 2.00 bits per heavy atom. The van der Waals surface area contributed by atoms with E-state index in [4.69, 9.17) is 4.74 Å². The first-order valence-corrected chi connectivity index (χ1v) is 8.93. The fraction of sp³-hybridized carbons (Fsp3) is 0.471. The van der Waals surface area contributed by atoms with Crippen LogP contribution in [0.4, 0.5) is 9.93 Å². The predicted molar refractivity (Wildman–Crippen MR) is 94.8 cm³/mol. The smallest absolute Gasteiger partial charge is 0.323 e. The maximum atomic E-state index is 12.3. The topological polar surface area (TPSA) is 67.3 Å². The number of ether oxygens (including phenoxy) is 1. The van der Waals surface area contributed by atoms with Crippen LogP contribution in [0.2, 0.25) is 0 Å². The molecule has 24 heavy (non-hydrogen) atoms. The summed E-state index contributed by atoms with van der Waals surface area (Å²) in [7, 11) is 0. The molecule has 0 atom stereocenters. The number of hydrogen-bond acceptors (Lipinski definition) is 5. The van der Waals surface area contributed by atoms with Gasteiger partial charge in [0.15, 0.2) is 0 Å². The summed E-state index contributed by atoms with van der Waals surface area (Å²) in [5.41, 5.74) is 2.34. The first kappa shape index (κ1) is 16.7. The fourth-order valence-corrected chi connectivity index (χ4v) is 3.29. The number of carbonyl (C=O) groups is 1. The standard InChI is InChI=1S/C17H22N4O2S/c1-11-4-5-12(2)15(10-11)23-14-6-8-21(9-7-14)17(22)18-16-20-19-13(3)24-16/h4-5,10,14H,6-9H2,1-3H3,(H,18,20,22). The molecular formula is C17H22N4O2S. The van der Waals surface area contributed by atoms with Gasteiger partial charge in [-0.3, -0.25) is 5.32 Å². The second kappa shape index (κ2) is 7.17. The molecule has 1 aliphatic rings. The number of benzene rings is 1. The van der Waals surface area contributed by atoms with Crippen molar-refractivity contribution in [1.29, 1.82) is 0 Å². The Hall–Kier alpha value is -2.15. The number of piperidine rings is 1. The Kier molecular flexibility index (Phi) is 4.99. The van der Waals surface area contributed by atoms with Crippen LogP contribution in [0.5, 0.6) is 5.75 Å². The van der Waals surface area contributed by atoms with Gasteiger partial charge in [0.25, 0.3) is 0 Å². The first-order valence-electron chi connectivity index (χ1n) is 8.11. The summed E-state index contributed by atoms with van der Waals surface area (Å²) < 4.78 is 6.14. The van der Waals surface area contributed by atoms with Gasteiger partial charge in [-0.05, 0) is 38.0 Å². The van der Waals surface area contributed by atoms with Crippen molar-refractivity contribution < 1.29 is 9.53 Å². The van der Waals surface area contributed by atoms with Crippen LogP contribution >= 0.6 is 11.3 Å². The van der Waals surface area contributed by atoms with Crippen LogP contribution in [0.3, 0.4) is 0 Å². The number of carbonyl (C=O) groups excluding carboxylic acids is 1. The van der Waals surface area contributed by atoms with E-state index in [1.807, 2.05) is 6.92 Å². The van der Waals surface area contributed by atoms with Crippen LogP contribution in [-0.4, -0.2) is 40.3 Å². The van der Waals surface area contributed by atoms with Gasteiger partial charge in [0.2, 0.25) is 5.13 Å². The third kappa shape index (κ3) is 4.03. The lowest BCUT2D eigenvalue weighted by Crippen LogP contribution is -2.43. The van der Waals surface area contributed by atoms with E-state index >= 15 is 0 Å². The van der Waals surface area contributed by atoms with E-state index in [0.717, 1.165) is 29.2 Å². The second-order valence-corrected chi connectivity index (χ2v) is 7.31. The van der Waals surface area contributed by atoms with Gasteiger partial charge in [0.1, 0.15) is 16.9 Å². The summed E-state index contributed by atoms with van der Waals surface area (Å²) in [6.07, 6.45) is 1.81. The number of nitrogens with one attached hydrogen (secondary N) is 1. The lowest BCUT2D eigenvalue weighted by Gasteiger charge is -2.32. The normalized spacial score (nSPS) is 15.4. The Morgan fingerprint density at radius 3 is 2.67 bits per heavy atom. The highest BCUT2D eigenvalue weighted by Gasteiger charge is 2.24. The maximum Gasteiger partial charge on any atom is 0.323 e. The average Bonchev–Trinajstić information content (AvgIpc) is 2.96.